The Morgan fingerprint density at radius 2 is 2.38 bits per heavy atom. The van der Waals surface area contributed by atoms with Gasteiger partial charge in [-0.3, -0.25) is 4.79 Å². The molecular weight excluding hydrogens is 242 g/mol. The van der Waals surface area contributed by atoms with Crippen LogP contribution in [0.25, 0.3) is 0 Å². The lowest BCUT2D eigenvalue weighted by Gasteiger charge is -2.06. The van der Waals surface area contributed by atoms with Crippen LogP contribution in [0.1, 0.15) is 31.0 Å². The molecule has 0 aliphatic carbocycles. The van der Waals surface area contributed by atoms with Crippen molar-refractivity contribution in [3.63, 3.8) is 0 Å². The summed E-state index contributed by atoms with van der Waals surface area (Å²) in [6.45, 7) is 5.73. The van der Waals surface area contributed by atoms with E-state index in [9.17, 15) is 4.79 Å². The zero-order chi connectivity index (χ0) is 12.0. The predicted octanol–water partition coefficient (Wildman–Crippen LogP) is 3.03. The van der Waals surface area contributed by atoms with Gasteiger partial charge in [-0.05, 0) is 20.8 Å². The zero-order valence-corrected chi connectivity index (χ0v) is 11.5. The average molecular weight is 259 g/mol. The van der Waals surface area contributed by atoms with Crippen molar-refractivity contribution in [1.82, 2.24) is 4.98 Å². The number of thioether (sulfide) groups is 1. The van der Waals surface area contributed by atoms with Crippen molar-refractivity contribution in [1.29, 1.82) is 0 Å². The van der Waals surface area contributed by atoms with Gasteiger partial charge >= 0.3 is 5.97 Å². The Morgan fingerprint density at radius 3 is 2.94 bits per heavy atom. The highest BCUT2D eigenvalue weighted by Crippen LogP contribution is 2.15. The number of hydrogen-bond acceptors (Lipinski definition) is 5. The summed E-state index contributed by atoms with van der Waals surface area (Å²) in [5.41, 5.74) is 1.10. The van der Waals surface area contributed by atoms with Crippen LogP contribution in [0, 0.1) is 6.92 Å². The molecule has 0 amide bonds. The van der Waals surface area contributed by atoms with Gasteiger partial charge in [-0.25, -0.2) is 4.98 Å². The van der Waals surface area contributed by atoms with Crippen molar-refractivity contribution >= 4 is 29.1 Å². The van der Waals surface area contributed by atoms with Crippen molar-refractivity contribution in [3.8, 4) is 0 Å². The summed E-state index contributed by atoms with van der Waals surface area (Å²) in [4.78, 5) is 15.6. The van der Waals surface area contributed by atoms with E-state index in [0.29, 0.717) is 6.42 Å². The monoisotopic (exact) mass is 259 g/mol. The van der Waals surface area contributed by atoms with E-state index in [1.165, 1.54) is 0 Å². The quantitative estimate of drug-likeness (QED) is 0.581. The van der Waals surface area contributed by atoms with Gasteiger partial charge in [-0.1, -0.05) is 0 Å². The third-order valence-electron chi connectivity index (χ3n) is 1.73. The van der Waals surface area contributed by atoms with Gasteiger partial charge in [0, 0.05) is 16.9 Å². The fourth-order valence-electron chi connectivity index (χ4n) is 1.13. The highest BCUT2D eigenvalue weighted by molar-refractivity contribution is 7.98. The lowest BCUT2D eigenvalue weighted by molar-refractivity contribution is -0.146. The van der Waals surface area contributed by atoms with Gasteiger partial charge in [0.15, 0.2) is 0 Å². The summed E-state index contributed by atoms with van der Waals surface area (Å²) in [5, 5.41) is 3.16. The van der Waals surface area contributed by atoms with Crippen molar-refractivity contribution in [2.24, 2.45) is 0 Å². The molecule has 0 bridgehead atoms. The van der Waals surface area contributed by atoms with E-state index in [1.807, 2.05) is 20.8 Å². The van der Waals surface area contributed by atoms with E-state index in [0.717, 1.165) is 22.2 Å². The molecule has 90 valence electrons. The van der Waals surface area contributed by atoms with Crippen molar-refractivity contribution < 1.29 is 9.53 Å². The molecule has 0 unspecified atom stereocenters. The summed E-state index contributed by atoms with van der Waals surface area (Å²) >= 11 is 3.38. The number of ether oxygens (including phenoxy) is 1. The predicted molar refractivity (Wildman–Crippen MR) is 68.9 cm³/mol. The number of hydrogen-bond donors (Lipinski definition) is 0. The molecule has 0 saturated heterocycles. The molecule has 0 aliphatic heterocycles. The van der Waals surface area contributed by atoms with Crippen molar-refractivity contribution in [2.75, 3.05) is 5.75 Å². The first-order chi connectivity index (χ1) is 7.58. The van der Waals surface area contributed by atoms with E-state index >= 15 is 0 Å². The molecule has 3 nitrogen and oxygen atoms in total. The normalized spacial score (nSPS) is 10.8. The maximum Gasteiger partial charge on any atom is 0.306 e. The van der Waals surface area contributed by atoms with Crippen LogP contribution in [-0.4, -0.2) is 22.8 Å². The van der Waals surface area contributed by atoms with E-state index in [1.54, 1.807) is 23.1 Å². The number of nitrogens with zero attached hydrogens (tertiary/aromatic N) is 1. The standard InChI is InChI=1S/C11H17NO2S2/c1-8(2)14-11(13)4-5-15-6-10-7-16-9(3)12-10/h7-8H,4-6H2,1-3H3. The van der Waals surface area contributed by atoms with Crippen LogP contribution in [0.4, 0.5) is 0 Å². The Kier molecular flexibility index (Phi) is 5.84. The van der Waals surface area contributed by atoms with Gasteiger partial charge in [-0.2, -0.15) is 11.8 Å². The maximum atomic E-state index is 11.2. The van der Waals surface area contributed by atoms with Gasteiger partial charge < -0.3 is 4.74 Å². The molecule has 0 aliphatic rings. The smallest absolute Gasteiger partial charge is 0.306 e. The summed E-state index contributed by atoms with van der Waals surface area (Å²) in [5.74, 6) is 1.55. The molecule has 0 aromatic carbocycles. The second-order valence-electron chi connectivity index (χ2n) is 3.70. The second kappa shape index (κ2) is 6.91. The molecule has 0 fully saturated rings. The second-order valence-corrected chi connectivity index (χ2v) is 5.87. The number of aromatic nitrogens is 1. The van der Waals surface area contributed by atoms with Crippen molar-refractivity contribution in [2.45, 2.75) is 39.0 Å². The average Bonchev–Trinajstić information content (AvgIpc) is 2.58. The molecule has 1 heterocycles. The van der Waals surface area contributed by atoms with Crippen LogP contribution in [-0.2, 0) is 15.3 Å². The van der Waals surface area contributed by atoms with E-state index in [2.05, 4.69) is 10.4 Å². The number of thiazole rings is 1. The van der Waals surface area contributed by atoms with Gasteiger partial charge in [-0.15, -0.1) is 11.3 Å². The molecule has 0 N–H and O–H groups in total. The van der Waals surface area contributed by atoms with E-state index < -0.39 is 0 Å². The molecule has 0 spiro atoms. The van der Waals surface area contributed by atoms with E-state index in [-0.39, 0.29) is 12.1 Å². The summed E-state index contributed by atoms with van der Waals surface area (Å²) in [6.07, 6.45) is 0.463. The Hall–Kier alpha value is -0.550. The molecule has 0 radical (unpaired) electrons. The highest BCUT2D eigenvalue weighted by atomic mass is 32.2. The lowest BCUT2D eigenvalue weighted by atomic mass is 10.4. The molecule has 0 saturated carbocycles. The van der Waals surface area contributed by atoms with Crippen LogP contribution in [0.5, 0.6) is 0 Å². The van der Waals surface area contributed by atoms with Crippen LogP contribution in [0.3, 0.4) is 0 Å². The number of carbonyl (C=O) groups excluding carboxylic acids is 1. The zero-order valence-electron chi connectivity index (χ0n) is 9.86. The molecule has 1 aromatic rings. The SMILES string of the molecule is Cc1nc(CSCCC(=O)OC(C)C)cs1. The summed E-state index contributed by atoms with van der Waals surface area (Å²) in [7, 11) is 0. The minimum absolute atomic E-state index is 0.0151. The number of esters is 1. The minimum atomic E-state index is -0.114. The Labute approximate surface area is 105 Å². The molecule has 1 rings (SSSR count). The first-order valence-electron chi connectivity index (χ1n) is 5.26. The first-order valence-corrected chi connectivity index (χ1v) is 7.29. The van der Waals surface area contributed by atoms with Gasteiger partial charge in [0.05, 0.1) is 23.2 Å². The third-order valence-corrected chi connectivity index (χ3v) is 3.55. The molecular formula is C11H17NO2S2. The topological polar surface area (TPSA) is 39.2 Å². The highest BCUT2D eigenvalue weighted by Gasteiger charge is 2.05. The Morgan fingerprint density at radius 1 is 1.62 bits per heavy atom. The Bertz CT molecular complexity index is 336. The maximum absolute atomic E-state index is 11.2. The van der Waals surface area contributed by atoms with Gasteiger partial charge in [0.1, 0.15) is 0 Å². The number of rotatable bonds is 6. The number of aryl methyl sites for hydroxylation is 1. The van der Waals surface area contributed by atoms with E-state index in [4.69, 9.17) is 4.74 Å². The van der Waals surface area contributed by atoms with Crippen LogP contribution in [0.2, 0.25) is 0 Å². The summed E-state index contributed by atoms with van der Waals surface area (Å²) in [6, 6.07) is 0. The van der Waals surface area contributed by atoms with Crippen molar-refractivity contribution in [3.05, 3.63) is 16.1 Å². The molecule has 5 heteroatoms. The number of carbonyl (C=O) groups is 1. The molecule has 16 heavy (non-hydrogen) atoms. The van der Waals surface area contributed by atoms with Crippen LogP contribution >= 0.6 is 23.1 Å². The first kappa shape index (κ1) is 13.5. The van der Waals surface area contributed by atoms with Gasteiger partial charge in [0.2, 0.25) is 0 Å². The fraction of sp³-hybridized carbons (Fsp3) is 0.636. The summed E-state index contributed by atoms with van der Waals surface area (Å²) < 4.78 is 5.04. The third kappa shape index (κ3) is 5.51. The van der Waals surface area contributed by atoms with Crippen LogP contribution in [0.15, 0.2) is 5.38 Å². The molecule has 0 atom stereocenters. The minimum Gasteiger partial charge on any atom is -0.463 e. The largest absolute Gasteiger partial charge is 0.463 e. The fourth-order valence-corrected chi connectivity index (χ4v) is 2.66. The lowest BCUT2D eigenvalue weighted by Crippen LogP contribution is -2.11. The van der Waals surface area contributed by atoms with Crippen LogP contribution < -0.4 is 0 Å². The van der Waals surface area contributed by atoms with Gasteiger partial charge in [0.25, 0.3) is 0 Å². The molecule has 1 aromatic heterocycles. The Balaban J connectivity index is 2.10.